The van der Waals surface area contributed by atoms with Crippen molar-refractivity contribution in [3.05, 3.63) is 67.9 Å². The van der Waals surface area contributed by atoms with Gasteiger partial charge in [-0.3, -0.25) is 10.1 Å². The van der Waals surface area contributed by atoms with Crippen molar-refractivity contribution < 1.29 is 13.7 Å². The number of nitro groups is 1. The third kappa shape index (κ3) is 3.46. The van der Waals surface area contributed by atoms with Crippen LogP contribution in [0.15, 0.2) is 42.5 Å². The van der Waals surface area contributed by atoms with E-state index in [0.717, 1.165) is 10.4 Å². The number of hydrogen-bond donors (Lipinski definition) is 1. The largest absolute Gasteiger partial charge is 0.343 e. The normalized spacial score (nSPS) is 13.9. The Kier molecular flexibility index (Phi) is 4.41. The molecule has 100 valence electrons. The van der Waals surface area contributed by atoms with Crippen molar-refractivity contribution in [1.29, 1.82) is 0 Å². The molecule has 0 aliphatic carbocycles. The first-order chi connectivity index (χ1) is 9.08. The Labute approximate surface area is 116 Å². The van der Waals surface area contributed by atoms with Crippen LogP contribution in [0, 0.1) is 10.1 Å². The van der Waals surface area contributed by atoms with Crippen molar-refractivity contribution in [2.75, 3.05) is 0 Å². The summed E-state index contributed by atoms with van der Waals surface area (Å²) in [5.74, 6) is 0. The molecule has 0 saturated carbocycles. The fraction of sp³-hybridized carbons (Fsp3) is 0.167. The Hall–Kier alpha value is -1.57. The van der Waals surface area contributed by atoms with Gasteiger partial charge >= 0.3 is 5.37 Å². The lowest BCUT2D eigenvalue weighted by atomic mass is 10.1. The third-order valence-electron chi connectivity index (χ3n) is 2.53. The van der Waals surface area contributed by atoms with Crippen LogP contribution in [0.2, 0.25) is 0 Å². The zero-order chi connectivity index (χ0) is 13.8. The quantitative estimate of drug-likeness (QED) is 0.523. The molecular weight excluding hydrogens is 286 g/mol. The van der Waals surface area contributed by atoms with Crippen molar-refractivity contribution in [3.63, 3.8) is 0 Å². The highest BCUT2D eigenvalue weighted by Crippen LogP contribution is 2.28. The number of hydrogen-bond acceptors (Lipinski definition) is 4. The van der Waals surface area contributed by atoms with Gasteiger partial charge in [-0.2, -0.15) is 0 Å². The zero-order valence-corrected chi connectivity index (χ0v) is 11.4. The number of benzene rings is 1. The molecule has 7 heteroatoms. The average molecular weight is 297 g/mol. The fourth-order valence-electron chi connectivity index (χ4n) is 1.70. The van der Waals surface area contributed by atoms with Gasteiger partial charge < -0.3 is 4.55 Å². The van der Waals surface area contributed by atoms with Gasteiger partial charge in [-0.25, -0.2) is 4.21 Å². The SMILES string of the molecule is O=[N+]([O-])C(c1ccc(Cc2ccccc2)s1)S(=O)O. The fourth-order valence-corrected chi connectivity index (χ4v) is 3.51. The van der Waals surface area contributed by atoms with Gasteiger partial charge in [0.2, 0.25) is 11.1 Å². The molecule has 2 unspecified atom stereocenters. The summed E-state index contributed by atoms with van der Waals surface area (Å²) in [6.45, 7) is 0. The van der Waals surface area contributed by atoms with Crippen molar-refractivity contribution >= 4 is 22.4 Å². The molecule has 1 aromatic heterocycles. The third-order valence-corrected chi connectivity index (χ3v) is 4.62. The van der Waals surface area contributed by atoms with E-state index in [9.17, 15) is 14.3 Å². The second-order valence-electron chi connectivity index (χ2n) is 3.88. The Morgan fingerprint density at radius 1 is 1.26 bits per heavy atom. The summed E-state index contributed by atoms with van der Waals surface area (Å²) < 4.78 is 20.0. The van der Waals surface area contributed by atoms with E-state index >= 15 is 0 Å². The van der Waals surface area contributed by atoms with Gasteiger partial charge in [0, 0.05) is 16.2 Å². The van der Waals surface area contributed by atoms with Crippen molar-refractivity contribution in [1.82, 2.24) is 0 Å². The molecule has 0 amide bonds. The topological polar surface area (TPSA) is 80.4 Å². The minimum Gasteiger partial charge on any atom is -0.301 e. The summed E-state index contributed by atoms with van der Waals surface area (Å²) >= 11 is -1.31. The second kappa shape index (κ2) is 6.05. The molecule has 2 rings (SSSR count). The molecular formula is C12H11NO4S2. The molecule has 1 N–H and O–H groups in total. The maximum absolute atomic E-state index is 11.0. The molecule has 0 aliphatic heterocycles. The van der Waals surface area contributed by atoms with Gasteiger partial charge in [-0.15, -0.1) is 11.3 Å². The molecule has 2 atom stereocenters. The smallest absolute Gasteiger partial charge is 0.301 e. The van der Waals surface area contributed by atoms with E-state index in [1.807, 2.05) is 30.3 Å². The minimum absolute atomic E-state index is 0.303. The van der Waals surface area contributed by atoms with E-state index in [1.165, 1.54) is 11.3 Å². The van der Waals surface area contributed by atoms with E-state index in [2.05, 4.69) is 0 Å². The first kappa shape index (κ1) is 13.9. The van der Waals surface area contributed by atoms with Crippen LogP contribution in [0.25, 0.3) is 0 Å². The van der Waals surface area contributed by atoms with Crippen molar-refractivity contribution in [2.45, 2.75) is 11.8 Å². The average Bonchev–Trinajstić information content (AvgIpc) is 2.77. The molecule has 2 aromatic rings. The number of nitrogens with zero attached hydrogens (tertiary/aromatic N) is 1. The van der Waals surface area contributed by atoms with E-state index in [0.29, 0.717) is 11.3 Å². The Balaban J connectivity index is 2.19. The van der Waals surface area contributed by atoms with Crippen LogP contribution in [-0.2, 0) is 17.5 Å². The number of thiophene rings is 1. The summed E-state index contributed by atoms with van der Waals surface area (Å²) in [4.78, 5) is 11.3. The van der Waals surface area contributed by atoms with Crippen LogP contribution in [0.3, 0.4) is 0 Å². The molecule has 5 nitrogen and oxygen atoms in total. The van der Waals surface area contributed by atoms with E-state index in [1.54, 1.807) is 12.1 Å². The van der Waals surface area contributed by atoms with Crippen LogP contribution in [0.4, 0.5) is 0 Å². The summed E-state index contributed by atoms with van der Waals surface area (Å²) in [6, 6.07) is 13.0. The van der Waals surface area contributed by atoms with E-state index in [-0.39, 0.29) is 0 Å². The molecule has 0 spiro atoms. The second-order valence-corrected chi connectivity index (χ2v) is 6.08. The molecule has 0 saturated heterocycles. The van der Waals surface area contributed by atoms with Gasteiger partial charge in [0.1, 0.15) is 0 Å². The van der Waals surface area contributed by atoms with Crippen LogP contribution in [-0.4, -0.2) is 13.7 Å². The summed E-state index contributed by atoms with van der Waals surface area (Å²) in [6.07, 6.45) is 0.661. The molecule has 0 aliphatic rings. The minimum atomic E-state index is -2.51. The van der Waals surface area contributed by atoms with Crippen LogP contribution in [0.1, 0.15) is 20.7 Å². The van der Waals surface area contributed by atoms with Gasteiger partial charge in [0.05, 0.1) is 4.88 Å². The van der Waals surface area contributed by atoms with Gasteiger partial charge in [0.15, 0.2) is 0 Å². The Bertz CT molecular complexity index is 583. The van der Waals surface area contributed by atoms with Crippen molar-refractivity contribution in [3.8, 4) is 0 Å². The van der Waals surface area contributed by atoms with Crippen molar-refractivity contribution in [2.24, 2.45) is 0 Å². The Morgan fingerprint density at radius 3 is 2.53 bits per heavy atom. The van der Waals surface area contributed by atoms with E-state index in [4.69, 9.17) is 4.55 Å². The van der Waals surface area contributed by atoms with Crippen LogP contribution in [0.5, 0.6) is 0 Å². The molecule has 0 radical (unpaired) electrons. The highest BCUT2D eigenvalue weighted by atomic mass is 32.2. The molecule has 19 heavy (non-hydrogen) atoms. The Morgan fingerprint density at radius 2 is 1.95 bits per heavy atom. The molecule has 0 bridgehead atoms. The van der Waals surface area contributed by atoms with E-state index < -0.39 is 21.4 Å². The zero-order valence-electron chi connectivity index (χ0n) is 9.76. The summed E-state index contributed by atoms with van der Waals surface area (Å²) in [5, 5.41) is 9.21. The van der Waals surface area contributed by atoms with Gasteiger partial charge in [0.25, 0.3) is 0 Å². The maximum atomic E-state index is 11.0. The molecule has 0 fully saturated rings. The van der Waals surface area contributed by atoms with Gasteiger partial charge in [-0.1, -0.05) is 30.3 Å². The maximum Gasteiger partial charge on any atom is 0.343 e. The van der Waals surface area contributed by atoms with Crippen LogP contribution >= 0.6 is 11.3 Å². The standard InChI is InChI=1S/C12H11NO4S2/c14-13(15)12(19(16)17)11-7-6-10(18-11)8-9-4-2-1-3-5-9/h1-7,12H,8H2,(H,16,17). The predicted molar refractivity (Wildman–Crippen MR) is 74.1 cm³/mol. The first-order valence-corrected chi connectivity index (χ1v) is 7.42. The highest BCUT2D eigenvalue weighted by molar-refractivity contribution is 7.79. The lowest BCUT2D eigenvalue weighted by Gasteiger charge is -2.01. The van der Waals surface area contributed by atoms with Gasteiger partial charge in [-0.05, 0) is 17.7 Å². The lowest BCUT2D eigenvalue weighted by molar-refractivity contribution is -0.502. The summed E-state index contributed by atoms with van der Waals surface area (Å²) in [7, 11) is 0. The van der Waals surface area contributed by atoms with Crippen LogP contribution < -0.4 is 0 Å². The molecule has 1 aromatic carbocycles. The molecule has 1 heterocycles. The lowest BCUT2D eigenvalue weighted by Crippen LogP contribution is -2.14. The number of rotatable bonds is 5. The monoisotopic (exact) mass is 297 g/mol. The first-order valence-electron chi connectivity index (χ1n) is 5.43. The highest BCUT2D eigenvalue weighted by Gasteiger charge is 2.31. The summed E-state index contributed by atoms with van der Waals surface area (Å²) in [5.41, 5.74) is 1.10. The predicted octanol–water partition coefficient (Wildman–Crippen LogP) is 2.84.